The minimum absolute atomic E-state index is 0.0989. The van der Waals surface area contributed by atoms with Crippen LogP contribution in [0.5, 0.6) is 0 Å². The summed E-state index contributed by atoms with van der Waals surface area (Å²) in [5.41, 5.74) is 4.31. The van der Waals surface area contributed by atoms with Gasteiger partial charge in [0.05, 0.1) is 16.5 Å². The topological polar surface area (TPSA) is 55.2 Å². The zero-order chi connectivity index (χ0) is 17.6. The number of nitro benzene ring substituents is 1. The zero-order valence-electron chi connectivity index (χ0n) is 14.2. The Bertz CT molecular complexity index is 861. The molecule has 0 saturated carbocycles. The van der Waals surface area contributed by atoms with Crippen LogP contribution in [0.3, 0.4) is 0 Å². The Morgan fingerprint density at radius 2 is 1.96 bits per heavy atom. The van der Waals surface area contributed by atoms with E-state index in [1.165, 1.54) is 10.5 Å². The molecule has 3 atom stereocenters. The van der Waals surface area contributed by atoms with E-state index in [2.05, 4.69) is 48.0 Å². The van der Waals surface area contributed by atoms with E-state index >= 15 is 0 Å². The van der Waals surface area contributed by atoms with Crippen molar-refractivity contribution in [1.29, 1.82) is 0 Å². The van der Waals surface area contributed by atoms with Crippen LogP contribution in [0, 0.1) is 23.0 Å². The first kappa shape index (κ1) is 16.2. The molecule has 0 fully saturated rings. The van der Waals surface area contributed by atoms with Crippen molar-refractivity contribution in [2.24, 2.45) is 5.92 Å². The largest absolute Gasteiger partial charge is 0.377 e. The van der Waals surface area contributed by atoms with E-state index in [0.717, 1.165) is 23.2 Å². The lowest BCUT2D eigenvalue weighted by atomic mass is 9.76. The Labute approximate surface area is 151 Å². The Hall–Kier alpha value is -2.27. The summed E-state index contributed by atoms with van der Waals surface area (Å²) in [6.45, 7) is 2.02. The Kier molecular flexibility index (Phi) is 4.04. The van der Waals surface area contributed by atoms with Gasteiger partial charge in [-0.1, -0.05) is 30.4 Å². The van der Waals surface area contributed by atoms with E-state index in [1.54, 1.807) is 17.8 Å². The number of nitro groups is 1. The number of nitrogens with one attached hydrogen (secondary N) is 1. The highest BCUT2D eigenvalue weighted by Gasteiger charge is 2.42. The maximum atomic E-state index is 11.5. The smallest absolute Gasteiger partial charge is 0.275 e. The second-order valence-electron chi connectivity index (χ2n) is 6.70. The van der Waals surface area contributed by atoms with Gasteiger partial charge in [-0.05, 0) is 48.8 Å². The predicted molar refractivity (Wildman–Crippen MR) is 102 cm³/mol. The first-order valence-corrected chi connectivity index (χ1v) is 9.67. The number of nitrogens with zero attached hydrogens (tertiary/aromatic N) is 1. The lowest BCUT2D eigenvalue weighted by Gasteiger charge is -2.38. The molecule has 2 aliphatic rings. The molecule has 4 nitrogen and oxygen atoms in total. The summed E-state index contributed by atoms with van der Waals surface area (Å²) < 4.78 is 0. The zero-order valence-corrected chi connectivity index (χ0v) is 15.0. The second kappa shape index (κ2) is 6.23. The number of allylic oxidation sites excluding steroid dienone is 2. The van der Waals surface area contributed by atoms with Crippen LogP contribution < -0.4 is 5.32 Å². The molecule has 5 heteroatoms. The molecule has 4 rings (SSSR count). The lowest BCUT2D eigenvalue weighted by molar-refractivity contribution is -0.385. The number of thioether (sulfide) groups is 1. The molecular weight excluding hydrogens is 332 g/mol. The van der Waals surface area contributed by atoms with Crippen molar-refractivity contribution in [2.75, 3.05) is 11.6 Å². The first-order valence-electron chi connectivity index (χ1n) is 8.45. The molecule has 2 aromatic rings. The van der Waals surface area contributed by atoms with E-state index in [-0.39, 0.29) is 22.6 Å². The Morgan fingerprint density at radius 3 is 2.64 bits per heavy atom. The highest BCUT2D eigenvalue weighted by Crippen LogP contribution is 2.53. The summed E-state index contributed by atoms with van der Waals surface area (Å²) in [6, 6.07) is 12.3. The van der Waals surface area contributed by atoms with Gasteiger partial charge >= 0.3 is 0 Å². The standard InChI is InChI=1S/C20H20N2O2S/c1-12-6-11-17(22(23)24)18-15-4-3-5-16(15)20(21-19(12)18)13-7-9-14(25-2)10-8-13/h3-4,6-11,15-16,20-21H,5H2,1-2H3. The van der Waals surface area contributed by atoms with Crippen LogP contribution in [0.15, 0.2) is 53.4 Å². The Balaban J connectivity index is 1.82. The molecule has 3 unspecified atom stereocenters. The molecule has 25 heavy (non-hydrogen) atoms. The molecule has 0 spiro atoms. The summed E-state index contributed by atoms with van der Waals surface area (Å²) in [5.74, 6) is 0.412. The fourth-order valence-electron chi connectivity index (χ4n) is 4.14. The lowest BCUT2D eigenvalue weighted by Crippen LogP contribution is -2.30. The number of anilines is 1. The minimum Gasteiger partial charge on any atom is -0.377 e. The number of aryl methyl sites for hydroxylation is 1. The fourth-order valence-corrected chi connectivity index (χ4v) is 4.54. The highest BCUT2D eigenvalue weighted by molar-refractivity contribution is 7.98. The summed E-state index contributed by atoms with van der Waals surface area (Å²) in [7, 11) is 0. The van der Waals surface area contributed by atoms with Crippen molar-refractivity contribution in [3.05, 3.63) is 75.4 Å². The SMILES string of the molecule is CSc1ccc(C2Nc3c(C)ccc([N+](=O)[O-])c3C3C=CCC32)cc1. The van der Waals surface area contributed by atoms with E-state index in [1.807, 2.05) is 13.0 Å². The van der Waals surface area contributed by atoms with Gasteiger partial charge in [0.1, 0.15) is 0 Å². The maximum absolute atomic E-state index is 11.5. The van der Waals surface area contributed by atoms with Crippen molar-refractivity contribution in [1.82, 2.24) is 0 Å². The third-order valence-corrected chi connectivity index (χ3v) is 6.12. The van der Waals surface area contributed by atoms with Crippen LogP contribution in [-0.2, 0) is 0 Å². The van der Waals surface area contributed by atoms with E-state index in [0.29, 0.717) is 5.92 Å². The average Bonchev–Trinajstić information content (AvgIpc) is 3.11. The molecule has 0 saturated heterocycles. The fraction of sp³-hybridized carbons (Fsp3) is 0.300. The second-order valence-corrected chi connectivity index (χ2v) is 7.58. The van der Waals surface area contributed by atoms with E-state index in [4.69, 9.17) is 0 Å². The molecular formula is C20H20N2O2S. The van der Waals surface area contributed by atoms with Gasteiger partial charge in [0.25, 0.3) is 5.69 Å². The number of fused-ring (bicyclic) bond motifs is 3. The highest BCUT2D eigenvalue weighted by atomic mass is 32.2. The minimum atomic E-state index is -0.253. The van der Waals surface area contributed by atoms with Gasteiger partial charge in [0, 0.05) is 22.6 Å². The quantitative estimate of drug-likeness (QED) is 0.345. The molecule has 1 N–H and O–H groups in total. The third-order valence-electron chi connectivity index (χ3n) is 5.38. The predicted octanol–water partition coefficient (Wildman–Crippen LogP) is 5.45. The number of benzene rings is 2. The van der Waals surface area contributed by atoms with Crippen LogP contribution in [0.1, 0.15) is 35.1 Å². The van der Waals surface area contributed by atoms with Crippen molar-refractivity contribution in [2.45, 2.75) is 30.2 Å². The number of hydrogen-bond donors (Lipinski definition) is 1. The van der Waals surface area contributed by atoms with Crippen LogP contribution in [0.2, 0.25) is 0 Å². The molecule has 1 heterocycles. The van der Waals surface area contributed by atoms with Gasteiger partial charge in [0.15, 0.2) is 0 Å². The van der Waals surface area contributed by atoms with Crippen LogP contribution >= 0.6 is 11.8 Å². The van der Waals surface area contributed by atoms with E-state index in [9.17, 15) is 10.1 Å². The van der Waals surface area contributed by atoms with Gasteiger partial charge in [-0.15, -0.1) is 11.8 Å². The van der Waals surface area contributed by atoms with Crippen molar-refractivity contribution in [3.8, 4) is 0 Å². The molecule has 0 bridgehead atoms. The van der Waals surface area contributed by atoms with Crippen molar-refractivity contribution in [3.63, 3.8) is 0 Å². The molecule has 1 aliphatic heterocycles. The number of hydrogen-bond acceptors (Lipinski definition) is 4. The van der Waals surface area contributed by atoms with Crippen LogP contribution in [0.25, 0.3) is 0 Å². The van der Waals surface area contributed by atoms with Crippen LogP contribution in [0.4, 0.5) is 11.4 Å². The van der Waals surface area contributed by atoms with E-state index < -0.39 is 0 Å². The third kappa shape index (κ3) is 2.63. The molecule has 0 amide bonds. The van der Waals surface area contributed by atoms with Crippen LogP contribution in [-0.4, -0.2) is 11.2 Å². The van der Waals surface area contributed by atoms with Gasteiger partial charge in [-0.3, -0.25) is 10.1 Å². The van der Waals surface area contributed by atoms with Gasteiger partial charge < -0.3 is 5.32 Å². The first-order chi connectivity index (χ1) is 12.1. The molecule has 1 aliphatic carbocycles. The maximum Gasteiger partial charge on any atom is 0.275 e. The van der Waals surface area contributed by atoms with Gasteiger partial charge in [-0.2, -0.15) is 0 Å². The summed E-state index contributed by atoms with van der Waals surface area (Å²) in [6.07, 6.45) is 7.34. The summed E-state index contributed by atoms with van der Waals surface area (Å²) >= 11 is 1.73. The Morgan fingerprint density at radius 1 is 1.20 bits per heavy atom. The molecule has 128 valence electrons. The van der Waals surface area contributed by atoms with Crippen molar-refractivity contribution < 1.29 is 4.92 Å². The monoisotopic (exact) mass is 352 g/mol. The molecule has 0 aromatic heterocycles. The normalized spacial score (nSPS) is 23.7. The molecule has 0 radical (unpaired) electrons. The van der Waals surface area contributed by atoms with Gasteiger partial charge in [0.2, 0.25) is 0 Å². The average molecular weight is 352 g/mol. The number of rotatable bonds is 3. The summed E-state index contributed by atoms with van der Waals surface area (Å²) in [5, 5.41) is 15.2. The van der Waals surface area contributed by atoms with Gasteiger partial charge in [-0.25, -0.2) is 0 Å². The molecule has 2 aromatic carbocycles. The van der Waals surface area contributed by atoms with Crippen molar-refractivity contribution >= 4 is 23.1 Å². The summed E-state index contributed by atoms with van der Waals surface area (Å²) in [4.78, 5) is 12.5.